The maximum absolute atomic E-state index is 6.61. The molecule has 12 rings (SSSR count). The molecule has 0 radical (unpaired) electrons. The van der Waals surface area contributed by atoms with Gasteiger partial charge in [0.25, 0.3) is 0 Å². The second-order valence-electron chi connectivity index (χ2n) is 15.0. The van der Waals surface area contributed by atoms with Crippen LogP contribution in [-0.2, 0) is 0 Å². The van der Waals surface area contributed by atoms with Crippen LogP contribution in [0.15, 0.2) is 211 Å². The van der Waals surface area contributed by atoms with Crippen LogP contribution in [0.5, 0.6) is 0 Å². The third-order valence-electron chi connectivity index (χ3n) is 11.9. The Bertz CT molecular complexity index is 3640. The molecule has 0 saturated carbocycles. The number of benzene rings is 8. The summed E-state index contributed by atoms with van der Waals surface area (Å²) in [7, 11) is 0. The van der Waals surface area contributed by atoms with Gasteiger partial charge in [-0.25, -0.2) is 0 Å². The summed E-state index contributed by atoms with van der Waals surface area (Å²) >= 11 is 0. The molecule has 3 heteroatoms. The molecular weight excluding hydrogens is 693 g/mol. The molecule has 0 amide bonds. The standard InChI is InChI=1S/C54H35N2O/c1-3-16-36(17-4-1)55-49-27-12-13-28-50(49)56(37-18-5-2-6-19-37)52-34-48-46-32-35(38-25-15-26-45-44-24-11-14-29-53(44)57-54(38)45)30-31-43(46)41-22-8-7-20-39(41)40-21-9-10-23-42(40)47(48)33-51(52)55/h1-34,50H/q+1. The second kappa shape index (κ2) is 12.5. The van der Waals surface area contributed by atoms with Gasteiger partial charge in [0.1, 0.15) is 22.9 Å². The lowest BCUT2D eigenvalue weighted by Crippen LogP contribution is -2.44. The minimum atomic E-state index is -0.0128. The van der Waals surface area contributed by atoms with Crippen LogP contribution in [-0.4, -0.2) is 11.8 Å². The molecule has 8 aromatic carbocycles. The van der Waals surface area contributed by atoms with Crippen LogP contribution in [0.2, 0.25) is 0 Å². The van der Waals surface area contributed by atoms with Gasteiger partial charge in [-0.1, -0.05) is 152 Å². The summed E-state index contributed by atoms with van der Waals surface area (Å²) in [5.74, 6) is 0. The first kappa shape index (κ1) is 31.8. The summed E-state index contributed by atoms with van der Waals surface area (Å²) in [5.41, 5.74) is 9.81. The SMILES string of the molecule is C1=CC2=[N+](c3ccccc3)c3cc4c(cc3N(c3ccccc3)C2C=C1)=c1cc(-c2cccc3c2oc2ccccc23)ccc1=c1ccccc1=c1ccccc1=4. The van der Waals surface area contributed by atoms with Crippen molar-refractivity contribution in [1.29, 1.82) is 0 Å². The normalized spacial score (nSPS) is 14.9. The molecule has 0 N–H and O–H groups in total. The maximum atomic E-state index is 6.61. The van der Waals surface area contributed by atoms with Gasteiger partial charge in [0.05, 0.1) is 0 Å². The lowest BCUT2D eigenvalue weighted by atomic mass is 9.94. The van der Waals surface area contributed by atoms with E-state index >= 15 is 0 Å². The molecule has 1 atom stereocenters. The van der Waals surface area contributed by atoms with Crippen molar-refractivity contribution < 1.29 is 4.42 Å². The Kier molecular flexibility index (Phi) is 6.99. The largest absolute Gasteiger partial charge is 0.455 e. The molecule has 3 aliphatic rings. The van der Waals surface area contributed by atoms with E-state index in [-0.39, 0.29) is 6.04 Å². The van der Waals surface area contributed by atoms with Gasteiger partial charge in [-0.3, -0.25) is 0 Å². The molecule has 0 bridgehead atoms. The van der Waals surface area contributed by atoms with Crippen molar-refractivity contribution in [2.45, 2.75) is 6.04 Å². The summed E-state index contributed by atoms with van der Waals surface area (Å²) in [4.78, 5) is 2.52. The smallest absolute Gasteiger partial charge is 0.235 e. The van der Waals surface area contributed by atoms with E-state index in [1.54, 1.807) is 0 Å². The Balaban J connectivity index is 1.31. The van der Waals surface area contributed by atoms with Crippen LogP contribution >= 0.6 is 0 Å². The third-order valence-corrected chi connectivity index (χ3v) is 11.9. The minimum Gasteiger partial charge on any atom is -0.455 e. The average molecular weight is 728 g/mol. The molecule has 1 aliphatic heterocycles. The fourth-order valence-electron chi connectivity index (χ4n) is 9.43. The quantitative estimate of drug-likeness (QED) is 0.169. The molecule has 2 aliphatic carbocycles. The topological polar surface area (TPSA) is 19.4 Å². The molecule has 9 aromatic rings. The van der Waals surface area contributed by atoms with Gasteiger partial charge in [0.15, 0.2) is 0 Å². The molecule has 0 saturated heterocycles. The number of para-hydroxylation sites is 4. The fraction of sp³-hybridized carbons (Fsp3) is 0.0185. The van der Waals surface area contributed by atoms with Gasteiger partial charge in [-0.15, -0.1) is 0 Å². The minimum absolute atomic E-state index is 0.0128. The zero-order chi connectivity index (χ0) is 37.5. The molecule has 2 heterocycles. The molecule has 266 valence electrons. The maximum Gasteiger partial charge on any atom is 0.235 e. The first-order valence-corrected chi connectivity index (χ1v) is 19.6. The van der Waals surface area contributed by atoms with Crippen LogP contribution in [0.4, 0.5) is 22.7 Å². The van der Waals surface area contributed by atoms with Gasteiger partial charge in [0, 0.05) is 46.3 Å². The van der Waals surface area contributed by atoms with E-state index in [2.05, 4.69) is 210 Å². The van der Waals surface area contributed by atoms with Gasteiger partial charge >= 0.3 is 0 Å². The summed E-state index contributed by atoms with van der Waals surface area (Å²) in [6, 6.07) is 66.2. The van der Waals surface area contributed by atoms with Gasteiger partial charge < -0.3 is 9.32 Å². The van der Waals surface area contributed by atoms with Crippen LogP contribution in [0.25, 0.3) is 33.1 Å². The number of hydrogen-bond donors (Lipinski definition) is 0. The Hall–Kier alpha value is -7.49. The molecular formula is C54H35N2O+. The highest BCUT2D eigenvalue weighted by Crippen LogP contribution is 2.43. The number of allylic oxidation sites excluding steroid dienone is 2. The lowest BCUT2D eigenvalue weighted by molar-refractivity contribution is 0.670. The van der Waals surface area contributed by atoms with Crippen molar-refractivity contribution in [3.63, 3.8) is 0 Å². The number of furan rings is 1. The number of rotatable bonds is 3. The molecule has 0 spiro atoms. The van der Waals surface area contributed by atoms with Crippen molar-refractivity contribution in [2.75, 3.05) is 4.90 Å². The van der Waals surface area contributed by atoms with Crippen molar-refractivity contribution in [1.82, 2.24) is 4.58 Å². The van der Waals surface area contributed by atoms with E-state index in [0.717, 1.165) is 55.8 Å². The highest BCUT2D eigenvalue weighted by Gasteiger charge is 2.40. The average Bonchev–Trinajstić information content (AvgIpc) is 3.67. The van der Waals surface area contributed by atoms with E-state index in [4.69, 9.17) is 4.42 Å². The van der Waals surface area contributed by atoms with Crippen molar-refractivity contribution in [2.24, 2.45) is 0 Å². The van der Waals surface area contributed by atoms with E-state index in [0.29, 0.717) is 0 Å². The first-order chi connectivity index (χ1) is 28.3. The Morgan fingerprint density at radius 2 is 1.09 bits per heavy atom. The van der Waals surface area contributed by atoms with E-state index < -0.39 is 0 Å². The van der Waals surface area contributed by atoms with Crippen LogP contribution in [0.1, 0.15) is 0 Å². The van der Waals surface area contributed by atoms with Crippen molar-refractivity contribution in [3.05, 3.63) is 248 Å². The molecule has 1 aromatic heterocycles. The van der Waals surface area contributed by atoms with Crippen molar-refractivity contribution in [3.8, 4) is 11.1 Å². The number of anilines is 2. The summed E-state index contributed by atoms with van der Waals surface area (Å²) in [6.45, 7) is 0. The lowest BCUT2D eigenvalue weighted by Gasteiger charge is -2.35. The number of hydrogen-bond acceptors (Lipinski definition) is 2. The monoisotopic (exact) mass is 727 g/mol. The van der Waals surface area contributed by atoms with E-state index in [9.17, 15) is 0 Å². The van der Waals surface area contributed by atoms with Crippen LogP contribution in [0.3, 0.4) is 0 Å². The van der Waals surface area contributed by atoms with E-state index in [1.807, 2.05) is 6.07 Å². The van der Waals surface area contributed by atoms with Crippen LogP contribution < -0.4 is 9.48 Å². The Labute approximate surface area is 328 Å². The van der Waals surface area contributed by atoms with Gasteiger partial charge in [0.2, 0.25) is 17.1 Å². The highest BCUT2D eigenvalue weighted by molar-refractivity contribution is 6.12. The van der Waals surface area contributed by atoms with Crippen LogP contribution in [0, 0.1) is 41.7 Å². The summed E-state index contributed by atoms with van der Waals surface area (Å²) in [6.07, 6.45) is 8.94. The van der Waals surface area contributed by atoms with Crippen molar-refractivity contribution >= 4 is 50.4 Å². The predicted molar refractivity (Wildman–Crippen MR) is 233 cm³/mol. The first-order valence-electron chi connectivity index (χ1n) is 19.6. The summed E-state index contributed by atoms with van der Waals surface area (Å²) < 4.78 is 9.08. The Morgan fingerprint density at radius 1 is 0.474 bits per heavy atom. The van der Waals surface area contributed by atoms with E-state index in [1.165, 1.54) is 47.5 Å². The zero-order valence-corrected chi connectivity index (χ0v) is 31.0. The number of nitrogens with zero attached hydrogens (tertiary/aromatic N) is 2. The highest BCUT2D eigenvalue weighted by atomic mass is 16.3. The molecule has 1 unspecified atom stereocenters. The molecule has 57 heavy (non-hydrogen) atoms. The molecule has 0 fully saturated rings. The third kappa shape index (κ3) is 4.82. The predicted octanol–water partition coefficient (Wildman–Crippen LogP) is 12.6. The summed E-state index contributed by atoms with van der Waals surface area (Å²) in [5, 5.41) is 11.9. The fourth-order valence-corrected chi connectivity index (χ4v) is 9.43. The van der Waals surface area contributed by atoms with Gasteiger partial charge in [-0.05, 0) is 77.6 Å². The Morgan fingerprint density at radius 3 is 1.86 bits per heavy atom. The second-order valence-corrected chi connectivity index (χ2v) is 15.0. The zero-order valence-electron chi connectivity index (χ0n) is 31.0. The number of fused-ring (bicyclic) bond motifs is 9. The molecule has 3 nitrogen and oxygen atoms in total. The van der Waals surface area contributed by atoms with Gasteiger partial charge in [-0.2, -0.15) is 4.58 Å².